The summed E-state index contributed by atoms with van der Waals surface area (Å²) in [6, 6.07) is 0.631. The van der Waals surface area contributed by atoms with Gasteiger partial charge in [0.15, 0.2) is 5.82 Å². The standard InChI is InChI=1S/C18H25N7S/c1-10-12(3)26-18-15(10)17(19-9-20-18)25-7-5-14(6-8-25)21-11(2)16-22-13(4)23-24-16/h9,11,14,21H,5-8H2,1-4H3,(H,22,23,24). The summed E-state index contributed by atoms with van der Waals surface area (Å²) in [4.78, 5) is 18.3. The molecule has 0 aromatic carbocycles. The third-order valence-corrected chi connectivity index (χ3v) is 6.34. The lowest BCUT2D eigenvalue weighted by Crippen LogP contribution is -2.43. The van der Waals surface area contributed by atoms with Crippen molar-refractivity contribution >= 4 is 27.4 Å². The number of hydrogen-bond donors (Lipinski definition) is 2. The van der Waals surface area contributed by atoms with Gasteiger partial charge in [0, 0.05) is 24.0 Å². The van der Waals surface area contributed by atoms with Gasteiger partial charge in [-0.3, -0.25) is 5.10 Å². The van der Waals surface area contributed by atoms with Crippen molar-refractivity contribution in [3.63, 3.8) is 0 Å². The molecule has 26 heavy (non-hydrogen) atoms. The fourth-order valence-corrected chi connectivity index (χ4v) is 4.63. The number of H-pyrrole nitrogens is 1. The molecule has 0 aliphatic carbocycles. The second kappa shape index (κ2) is 6.92. The van der Waals surface area contributed by atoms with E-state index in [0.717, 1.165) is 48.2 Å². The molecule has 0 spiro atoms. The van der Waals surface area contributed by atoms with E-state index in [1.807, 2.05) is 6.92 Å². The number of hydrogen-bond acceptors (Lipinski definition) is 7. The van der Waals surface area contributed by atoms with Gasteiger partial charge < -0.3 is 10.2 Å². The minimum atomic E-state index is 0.157. The van der Waals surface area contributed by atoms with E-state index in [2.05, 4.69) is 56.1 Å². The third-order valence-electron chi connectivity index (χ3n) is 5.23. The Labute approximate surface area is 157 Å². The summed E-state index contributed by atoms with van der Waals surface area (Å²) in [7, 11) is 0. The summed E-state index contributed by atoms with van der Waals surface area (Å²) < 4.78 is 0. The van der Waals surface area contributed by atoms with E-state index in [-0.39, 0.29) is 6.04 Å². The van der Waals surface area contributed by atoms with Gasteiger partial charge in [0.25, 0.3) is 0 Å². The molecule has 138 valence electrons. The number of piperidine rings is 1. The Bertz CT molecular complexity index is 908. The summed E-state index contributed by atoms with van der Waals surface area (Å²) in [6.07, 6.45) is 3.87. The average molecular weight is 372 g/mol. The molecule has 1 atom stereocenters. The number of thiophene rings is 1. The van der Waals surface area contributed by atoms with Crippen molar-refractivity contribution in [2.45, 2.75) is 52.6 Å². The van der Waals surface area contributed by atoms with Gasteiger partial charge in [0.05, 0.1) is 11.4 Å². The summed E-state index contributed by atoms with van der Waals surface area (Å²) in [5.74, 6) is 2.79. The zero-order valence-corrected chi connectivity index (χ0v) is 16.5. The van der Waals surface area contributed by atoms with Gasteiger partial charge in [-0.05, 0) is 46.1 Å². The van der Waals surface area contributed by atoms with Crippen LogP contribution in [0.1, 0.15) is 47.9 Å². The minimum Gasteiger partial charge on any atom is -0.356 e. The van der Waals surface area contributed by atoms with Crippen LogP contribution in [0, 0.1) is 20.8 Å². The van der Waals surface area contributed by atoms with E-state index in [1.54, 1.807) is 17.7 Å². The molecule has 3 aromatic heterocycles. The van der Waals surface area contributed by atoms with Crippen LogP contribution in [0.4, 0.5) is 5.82 Å². The zero-order valence-electron chi connectivity index (χ0n) is 15.7. The first-order valence-electron chi connectivity index (χ1n) is 9.13. The van der Waals surface area contributed by atoms with Gasteiger partial charge in [-0.25, -0.2) is 15.0 Å². The highest BCUT2D eigenvalue weighted by molar-refractivity contribution is 7.18. The van der Waals surface area contributed by atoms with Crippen LogP contribution >= 0.6 is 11.3 Å². The molecule has 0 amide bonds. The van der Waals surface area contributed by atoms with E-state index < -0.39 is 0 Å². The molecule has 0 bridgehead atoms. The van der Waals surface area contributed by atoms with Crippen molar-refractivity contribution in [1.82, 2.24) is 30.5 Å². The molecule has 1 saturated heterocycles. The summed E-state index contributed by atoms with van der Waals surface area (Å²) in [5, 5.41) is 12.1. The van der Waals surface area contributed by atoms with Crippen LogP contribution < -0.4 is 10.2 Å². The SMILES string of the molecule is Cc1nc(C(C)NC2CCN(c3ncnc4sc(C)c(C)c34)CC2)n[nH]1. The highest BCUT2D eigenvalue weighted by Gasteiger charge is 2.25. The van der Waals surface area contributed by atoms with Gasteiger partial charge in [0.2, 0.25) is 0 Å². The van der Waals surface area contributed by atoms with E-state index in [0.29, 0.717) is 6.04 Å². The van der Waals surface area contributed by atoms with E-state index in [4.69, 9.17) is 0 Å². The highest BCUT2D eigenvalue weighted by atomic mass is 32.1. The van der Waals surface area contributed by atoms with Gasteiger partial charge >= 0.3 is 0 Å². The molecule has 1 unspecified atom stereocenters. The van der Waals surface area contributed by atoms with Crippen LogP contribution in [-0.4, -0.2) is 44.3 Å². The molecule has 4 heterocycles. The molecule has 2 N–H and O–H groups in total. The van der Waals surface area contributed by atoms with Crippen LogP contribution in [0.15, 0.2) is 6.33 Å². The smallest absolute Gasteiger partial charge is 0.167 e. The second-order valence-electron chi connectivity index (χ2n) is 7.09. The molecule has 1 aliphatic rings. The van der Waals surface area contributed by atoms with Gasteiger partial charge in [-0.15, -0.1) is 11.3 Å². The number of anilines is 1. The van der Waals surface area contributed by atoms with Crippen molar-refractivity contribution in [3.05, 3.63) is 28.4 Å². The van der Waals surface area contributed by atoms with Gasteiger partial charge in [-0.1, -0.05) is 0 Å². The molecule has 0 radical (unpaired) electrons. The largest absolute Gasteiger partial charge is 0.356 e. The molecule has 3 aromatic rings. The highest BCUT2D eigenvalue weighted by Crippen LogP contribution is 2.35. The lowest BCUT2D eigenvalue weighted by molar-refractivity contribution is 0.373. The Balaban J connectivity index is 1.44. The van der Waals surface area contributed by atoms with E-state index in [1.165, 1.54) is 15.8 Å². The summed E-state index contributed by atoms with van der Waals surface area (Å²) in [5.41, 5.74) is 1.31. The molecule has 0 saturated carbocycles. The molecule has 7 nitrogen and oxygen atoms in total. The lowest BCUT2D eigenvalue weighted by Gasteiger charge is -2.34. The second-order valence-corrected chi connectivity index (χ2v) is 8.29. The quantitative estimate of drug-likeness (QED) is 0.733. The zero-order chi connectivity index (χ0) is 18.3. The number of aryl methyl sites for hydroxylation is 3. The normalized spacial score (nSPS) is 17.2. The summed E-state index contributed by atoms with van der Waals surface area (Å²) in [6.45, 7) is 10.4. The predicted molar refractivity (Wildman–Crippen MR) is 105 cm³/mol. The van der Waals surface area contributed by atoms with Gasteiger partial charge in [-0.2, -0.15) is 5.10 Å². The summed E-state index contributed by atoms with van der Waals surface area (Å²) >= 11 is 1.76. The first-order chi connectivity index (χ1) is 12.5. The Hall–Kier alpha value is -2.06. The topological polar surface area (TPSA) is 82.6 Å². The lowest BCUT2D eigenvalue weighted by atomic mass is 10.0. The van der Waals surface area contributed by atoms with Crippen molar-refractivity contribution in [3.8, 4) is 0 Å². The van der Waals surface area contributed by atoms with Crippen LogP contribution in [0.5, 0.6) is 0 Å². The number of aromatic nitrogens is 5. The average Bonchev–Trinajstić information content (AvgIpc) is 3.19. The van der Waals surface area contributed by atoms with E-state index >= 15 is 0 Å². The van der Waals surface area contributed by atoms with Crippen molar-refractivity contribution in [1.29, 1.82) is 0 Å². The van der Waals surface area contributed by atoms with Crippen LogP contribution in [0.25, 0.3) is 10.2 Å². The first kappa shape index (κ1) is 17.4. The maximum Gasteiger partial charge on any atom is 0.167 e. The molecule has 4 rings (SSSR count). The maximum atomic E-state index is 4.62. The number of fused-ring (bicyclic) bond motifs is 1. The van der Waals surface area contributed by atoms with Crippen LogP contribution in [-0.2, 0) is 0 Å². The van der Waals surface area contributed by atoms with Crippen LogP contribution in [0.3, 0.4) is 0 Å². The van der Waals surface area contributed by atoms with Crippen molar-refractivity contribution < 1.29 is 0 Å². The predicted octanol–water partition coefficient (Wildman–Crippen LogP) is 3.05. The number of nitrogens with one attached hydrogen (secondary N) is 2. The Morgan fingerprint density at radius 3 is 2.69 bits per heavy atom. The molecule has 1 fully saturated rings. The van der Waals surface area contributed by atoms with E-state index in [9.17, 15) is 0 Å². The Morgan fingerprint density at radius 1 is 1.23 bits per heavy atom. The molecule has 8 heteroatoms. The number of nitrogens with zero attached hydrogens (tertiary/aromatic N) is 5. The maximum absolute atomic E-state index is 4.62. The Morgan fingerprint density at radius 2 is 2.00 bits per heavy atom. The monoisotopic (exact) mass is 371 g/mol. The van der Waals surface area contributed by atoms with Crippen molar-refractivity contribution in [2.75, 3.05) is 18.0 Å². The third kappa shape index (κ3) is 3.19. The molecule has 1 aliphatic heterocycles. The van der Waals surface area contributed by atoms with Crippen molar-refractivity contribution in [2.24, 2.45) is 0 Å². The minimum absolute atomic E-state index is 0.157. The van der Waals surface area contributed by atoms with Crippen LogP contribution in [0.2, 0.25) is 0 Å². The number of rotatable bonds is 4. The first-order valence-corrected chi connectivity index (χ1v) is 9.95. The number of aromatic amines is 1. The fraction of sp³-hybridized carbons (Fsp3) is 0.556. The van der Waals surface area contributed by atoms with Gasteiger partial charge in [0.1, 0.15) is 22.8 Å². The fourth-order valence-electron chi connectivity index (χ4n) is 3.64. The Kier molecular flexibility index (Phi) is 4.62. The molecular weight excluding hydrogens is 346 g/mol. The molecular formula is C18H25N7S.